The first-order valence-electron chi connectivity index (χ1n) is 10.3. The number of amidine groups is 1. The predicted octanol–water partition coefficient (Wildman–Crippen LogP) is 3.06. The van der Waals surface area contributed by atoms with E-state index >= 15 is 0 Å². The Kier molecular flexibility index (Phi) is 7.09. The minimum absolute atomic E-state index is 0.107. The number of halogens is 1. The smallest absolute Gasteiger partial charge is 0.262 e. The monoisotopic (exact) mass is 531 g/mol. The maximum absolute atomic E-state index is 13.3. The van der Waals surface area contributed by atoms with Gasteiger partial charge in [-0.2, -0.15) is 10.3 Å². The number of anilines is 2. The molecule has 2 N–H and O–H groups in total. The molecule has 0 spiro atoms. The third-order valence-corrected chi connectivity index (χ3v) is 7.15. The summed E-state index contributed by atoms with van der Waals surface area (Å²) in [6.07, 6.45) is 2.20. The number of carbonyl (C=O) groups is 2. The second-order valence-electron chi connectivity index (χ2n) is 7.73. The SMILES string of the molecule is Cc1cc(NC(=O)C2(NC(=O)c3ccc(Br)s3)CCOC2)ccc1N1CCOCC1=NC#N. The van der Waals surface area contributed by atoms with Crippen LogP contribution in [0, 0.1) is 18.4 Å². The van der Waals surface area contributed by atoms with Crippen LogP contribution in [0.3, 0.4) is 0 Å². The van der Waals surface area contributed by atoms with Crippen LogP contribution < -0.4 is 15.5 Å². The molecule has 33 heavy (non-hydrogen) atoms. The van der Waals surface area contributed by atoms with Crippen LogP contribution in [0.25, 0.3) is 0 Å². The average molecular weight is 532 g/mol. The lowest BCUT2D eigenvalue weighted by atomic mass is 9.96. The lowest BCUT2D eigenvalue weighted by Crippen LogP contribution is -2.57. The number of nitrogens with zero attached hydrogens (tertiary/aromatic N) is 3. The lowest BCUT2D eigenvalue weighted by molar-refractivity contribution is -0.122. The molecule has 0 radical (unpaired) electrons. The molecule has 9 nitrogen and oxygen atoms in total. The lowest BCUT2D eigenvalue weighted by Gasteiger charge is -2.31. The summed E-state index contributed by atoms with van der Waals surface area (Å²) in [5.74, 6) is -0.0858. The van der Waals surface area contributed by atoms with Crippen molar-refractivity contribution in [3.63, 3.8) is 0 Å². The quantitative estimate of drug-likeness (QED) is 0.572. The average Bonchev–Trinajstić information content (AvgIpc) is 3.45. The van der Waals surface area contributed by atoms with E-state index in [0.29, 0.717) is 42.6 Å². The second kappa shape index (κ2) is 10.0. The van der Waals surface area contributed by atoms with Crippen LogP contribution in [-0.2, 0) is 14.3 Å². The molecule has 2 aliphatic rings. The first-order chi connectivity index (χ1) is 15.9. The zero-order chi connectivity index (χ0) is 23.4. The summed E-state index contributed by atoms with van der Waals surface area (Å²) in [6.45, 7) is 3.81. The molecule has 0 bridgehead atoms. The van der Waals surface area contributed by atoms with Gasteiger partial charge in [0.1, 0.15) is 18.0 Å². The van der Waals surface area contributed by atoms with E-state index in [9.17, 15) is 9.59 Å². The summed E-state index contributed by atoms with van der Waals surface area (Å²) < 4.78 is 11.7. The molecule has 3 heterocycles. The molecule has 2 amide bonds. The van der Waals surface area contributed by atoms with Crippen molar-refractivity contribution in [2.45, 2.75) is 18.9 Å². The molecular formula is C22H22BrN5O4S. The van der Waals surface area contributed by atoms with Crippen molar-refractivity contribution in [2.24, 2.45) is 4.99 Å². The van der Waals surface area contributed by atoms with Gasteiger partial charge in [0.2, 0.25) is 6.19 Å². The summed E-state index contributed by atoms with van der Waals surface area (Å²) in [6, 6.07) is 9.03. The van der Waals surface area contributed by atoms with Gasteiger partial charge in [-0.25, -0.2) is 0 Å². The summed E-state index contributed by atoms with van der Waals surface area (Å²) in [4.78, 5) is 32.3. The first-order valence-corrected chi connectivity index (χ1v) is 11.9. The van der Waals surface area contributed by atoms with Gasteiger partial charge in [-0.3, -0.25) is 9.59 Å². The van der Waals surface area contributed by atoms with Crippen LogP contribution >= 0.6 is 27.3 Å². The van der Waals surface area contributed by atoms with Crippen molar-refractivity contribution in [3.8, 4) is 6.19 Å². The van der Waals surface area contributed by atoms with Crippen LogP contribution in [0.1, 0.15) is 21.7 Å². The van der Waals surface area contributed by atoms with Crippen LogP contribution in [0.15, 0.2) is 39.1 Å². The molecule has 4 rings (SSSR count). The van der Waals surface area contributed by atoms with Gasteiger partial charge >= 0.3 is 0 Å². The number of aliphatic imine (C=N–C) groups is 1. The number of hydrogen-bond donors (Lipinski definition) is 2. The van der Waals surface area contributed by atoms with Gasteiger partial charge in [-0.15, -0.1) is 11.3 Å². The van der Waals surface area contributed by atoms with E-state index in [2.05, 4.69) is 31.6 Å². The number of rotatable bonds is 5. The number of carbonyl (C=O) groups excluding carboxylic acids is 2. The third kappa shape index (κ3) is 5.09. The molecule has 2 aliphatic heterocycles. The van der Waals surface area contributed by atoms with Crippen molar-refractivity contribution < 1.29 is 19.1 Å². The van der Waals surface area contributed by atoms with Crippen LogP contribution in [0.5, 0.6) is 0 Å². The number of ether oxygens (including phenoxy) is 2. The highest BCUT2D eigenvalue weighted by atomic mass is 79.9. The van der Waals surface area contributed by atoms with E-state index in [4.69, 9.17) is 14.7 Å². The highest BCUT2D eigenvalue weighted by Crippen LogP contribution is 2.28. The van der Waals surface area contributed by atoms with Gasteiger partial charge < -0.3 is 25.0 Å². The van der Waals surface area contributed by atoms with E-state index in [0.717, 1.165) is 15.0 Å². The van der Waals surface area contributed by atoms with Gasteiger partial charge in [0, 0.05) is 30.9 Å². The number of aryl methyl sites for hydroxylation is 1. The number of morpholine rings is 1. The van der Waals surface area contributed by atoms with Gasteiger partial charge in [-0.05, 0) is 58.7 Å². The topological polar surface area (TPSA) is 116 Å². The number of nitrogens with one attached hydrogen (secondary N) is 2. The van der Waals surface area contributed by atoms with Gasteiger partial charge in [0.05, 0.1) is 21.9 Å². The number of thiophene rings is 1. The Hall–Kier alpha value is -2.78. The Balaban J connectivity index is 1.51. The zero-order valence-corrected chi connectivity index (χ0v) is 20.3. The molecule has 11 heteroatoms. The molecule has 172 valence electrons. The standard InChI is InChI=1S/C22H22BrN5O4S/c1-14-10-15(2-3-16(14)28-7-9-31-11-19(28)25-13-24)26-21(30)22(6-8-32-12-22)27-20(29)17-4-5-18(23)33-17/h2-5,10H,6-9,11-12H2,1H3,(H,26,30)(H,27,29). The summed E-state index contributed by atoms with van der Waals surface area (Å²) in [5, 5.41) is 14.8. The zero-order valence-electron chi connectivity index (χ0n) is 17.9. The van der Waals surface area contributed by atoms with E-state index in [-0.39, 0.29) is 25.0 Å². The van der Waals surface area contributed by atoms with Crippen LogP contribution in [0.4, 0.5) is 11.4 Å². The maximum atomic E-state index is 13.3. The molecule has 0 aliphatic carbocycles. The second-order valence-corrected chi connectivity index (χ2v) is 10.2. The molecule has 2 saturated heterocycles. The van der Waals surface area contributed by atoms with Crippen molar-refractivity contribution in [1.82, 2.24) is 5.32 Å². The Bertz CT molecular complexity index is 1140. The Morgan fingerprint density at radius 3 is 2.79 bits per heavy atom. The van der Waals surface area contributed by atoms with E-state index < -0.39 is 5.54 Å². The predicted molar refractivity (Wildman–Crippen MR) is 129 cm³/mol. The highest BCUT2D eigenvalue weighted by Gasteiger charge is 2.44. The molecule has 1 aromatic carbocycles. The Morgan fingerprint density at radius 2 is 2.12 bits per heavy atom. The Labute approximate surface area is 203 Å². The molecule has 2 aromatic rings. The van der Waals surface area contributed by atoms with Gasteiger partial charge in [0.15, 0.2) is 0 Å². The fraction of sp³-hybridized carbons (Fsp3) is 0.364. The van der Waals surface area contributed by atoms with Crippen molar-refractivity contribution in [2.75, 3.05) is 43.2 Å². The minimum atomic E-state index is -1.14. The first kappa shape index (κ1) is 23.4. The number of nitriles is 1. The summed E-state index contributed by atoms with van der Waals surface area (Å²) in [5.41, 5.74) is 1.26. The van der Waals surface area contributed by atoms with E-state index in [1.54, 1.807) is 18.2 Å². The van der Waals surface area contributed by atoms with E-state index in [1.807, 2.05) is 30.1 Å². The molecule has 2 fully saturated rings. The summed E-state index contributed by atoms with van der Waals surface area (Å²) in [7, 11) is 0. The molecule has 1 unspecified atom stereocenters. The highest BCUT2D eigenvalue weighted by molar-refractivity contribution is 9.11. The number of amides is 2. The maximum Gasteiger partial charge on any atom is 0.262 e. The van der Waals surface area contributed by atoms with Crippen molar-refractivity contribution in [3.05, 3.63) is 44.6 Å². The van der Waals surface area contributed by atoms with Crippen molar-refractivity contribution >= 4 is 56.3 Å². The fourth-order valence-electron chi connectivity index (χ4n) is 3.84. The van der Waals surface area contributed by atoms with Crippen LogP contribution in [0.2, 0.25) is 0 Å². The minimum Gasteiger partial charge on any atom is -0.378 e. The molecule has 1 aromatic heterocycles. The van der Waals surface area contributed by atoms with Gasteiger partial charge in [0.25, 0.3) is 11.8 Å². The normalized spacial score (nSPS) is 21.6. The Morgan fingerprint density at radius 1 is 1.27 bits per heavy atom. The largest absolute Gasteiger partial charge is 0.378 e. The number of hydrogen-bond acceptors (Lipinski definition) is 7. The fourth-order valence-corrected chi connectivity index (χ4v) is 5.12. The molecule has 0 saturated carbocycles. The molecule has 1 atom stereocenters. The van der Waals surface area contributed by atoms with Crippen LogP contribution in [-0.4, -0.2) is 56.2 Å². The molecular weight excluding hydrogens is 510 g/mol. The summed E-state index contributed by atoms with van der Waals surface area (Å²) >= 11 is 4.66. The van der Waals surface area contributed by atoms with E-state index in [1.165, 1.54) is 11.3 Å². The van der Waals surface area contributed by atoms with Gasteiger partial charge in [-0.1, -0.05) is 0 Å². The number of benzene rings is 1. The third-order valence-electron chi connectivity index (χ3n) is 5.53. The van der Waals surface area contributed by atoms with Crippen molar-refractivity contribution in [1.29, 1.82) is 5.26 Å².